The predicted octanol–water partition coefficient (Wildman–Crippen LogP) is 1.24. The summed E-state index contributed by atoms with van der Waals surface area (Å²) in [4.78, 5) is 2.39. The van der Waals surface area contributed by atoms with E-state index >= 15 is 0 Å². The largest absolute Gasteiger partial charge is 0.371 e. The number of hydrogen-bond acceptors (Lipinski definition) is 3. The van der Waals surface area contributed by atoms with E-state index < -0.39 is 0 Å². The summed E-state index contributed by atoms with van der Waals surface area (Å²) in [5.74, 6) is 0. The molecule has 2 unspecified atom stereocenters. The molecule has 15 heavy (non-hydrogen) atoms. The van der Waals surface area contributed by atoms with E-state index in [0.29, 0.717) is 12.1 Å². The van der Waals surface area contributed by atoms with Crippen LogP contribution in [0, 0.1) is 0 Å². The van der Waals surface area contributed by atoms with Crippen LogP contribution in [0.3, 0.4) is 0 Å². The summed E-state index contributed by atoms with van der Waals surface area (Å²) < 4.78 is 5.96. The van der Waals surface area contributed by atoms with Gasteiger partial charge >= 0.3 is 0 Å². The summed E-state index contributed by atoms with van der Waals surface area (Å²) in [7, 11) is 2.19. The molecule has 2 atom stereocenters. The standard InChI is InChI=1S/C12H24N2O/c1-12(2)6-4-11(15-12)8-13-10-5-7-14(3)9-10/h10-11,13H,4-9H2,1-3H3. The fourth-order valence-electron chi connectivity index (χ4n) is 2.62. The topological polar surface area (TPSA) is 24.5 Å². The van der Waals surface area contributed by atoms with E-state index in [1.807, 2.05) is 0 Å². The maximum absolute atomic E-state index is 5.96. The number of likely N-dealkylation sites (tertiary alicyclic amines) is 1. The quantitative estimate of drug-likeness (QED) is 0.762. The van der Waals surface area contributed by atoms with Gasteiger partial charge in [-0.25, -0.2) is 0 Å². The van der Waals surface area contributed by atoms with Crippen LogP contribution >= 0.6 is 0 Å². The Morgan fingerprint density at radius 1 is 1.40 bits per heavy atom. The van der Waals surface area contributed by atoms with Crippen LogP contribution in [0.1, 0.15) is 33.1 Å². The van der Waals surface area contributed by atoms with Crippen molar-refractivity contribution in [2.45, 2.75) is 50.9 Å². The number of hydrogen-bond donors (Lipinski definition) is 1. The molecule has 0 bridgehead atoms. The van der Waals surface area contributed by atoms with Crippen LogP contribution in [0.15, 0.2) is 0 Å². The first kappa shape index (κ1) is 11.4. The van der Waals surface area contributed by atoms with Crippen molar-refractivity contribution in [1.29, 1.82) is 0 Å². The van der Waals surface area contributed by atoms with E-state index in [-0.39, 0.29) is 5.60 Å². The monoisotopic (exact) mass is 212 g/mol. The third-order valence-electron chi connectivity index (χ3n) is 3.58. The highest BCUT2D eigenvalue weighted by molar-refractivity contribution is 4.85. The highest BCUT2D eigenvalue weighted by Crippen LogP contribution is 2.28. The van der Waals surface area contributed by atoms with Crippen LogP contribution in [0.5, 0.6) is 0 Å². The maximum Gasteiger partial charge on any atom is 0.0707 e. The summed E-state index contributed by atoms with van der Waals surface area (Å²) in [5, 5.41) is 3.63. The molecule has 2 aliphatic heterocycles. The normalized spacial score (nSPS) is 36.2. The molecule has 2 heterocycles. The zero-order valence-electron chi connectivity index (χ0n) is 10.3. The van der Waals surface area contributed by atoms with Crippen molar-refractivity contribution in [3.05, 3.63) is 0 Å². The van der Waals surface area contributed by atoms with Crippen molar-refractivity contribution in [3.63, 3.8) is 0 Å². The Morgan fingerprint density at radius 2 is 2.20 bits per heavy atom. The van der Waals surface area contributed by atoms with Crippen molar-refractivity contribution < 1.29 is 4.74 Å². The highest BCUT2D eigenvalue weighted by atomic mass is 16.5. The number of nitrogens with one attached hydrogen (secondary N) is 1. The second kappa shape index (κ2) is 4.40. The van der Waals surface area contributed by atoms with E-state index in [0.717, 1.165) is 6.54 Å². The molecule has 2 saturated heterocycles. The molecule has 2 aliphatic rings. The van der Waals surface area contributed by atoms with Gasteiger partial charge in [0.05, 0.1) is 11.7 Å². The first-order valence-electron chi connectivity index (χ1n) is 6.15. The predicted molar refractivity (Wildman–Crippen MR) is 62.1 cm³/mol. The van der Waals surface area contributed by atoms with Crippen LogP contribution in [-0.4, -0.2) is 49.3 Å². The maximum atomic E-state index is 5.96. The van der Waals surface area contributed by atoms with Crippen molar-refractivity contribution >= 4 is 0 Å². The SMILES string of the molecule is CN1CCC(NCC2CCC(C)(C)O2)C1. The van der Waals surface area contributed by atoms with Crippen molar-refractivity contribution in [2.24, 2.45) is 0 Å². The summed E-state index contributed by atoms with van der Waals surface area (Å²) in [6, 6.07) is 0.683. The average Bonchev–Trinajstić information content (AvgIpc) is 2.69. The lowest BCUT2D eigenvalue weighted by atomic mass is 10.1. The van der Waals surface area contributed by atoms with Crippen LogP contribution in [0.4, 0.5) is 0 Å². The Hall–Kier alpha value is -0.120. The molecule has 0 saturated carbocycles. The highest BCUT2D eigenvalue weighted by Gasteiger charge is 2.32. The number of rotatable bonds is 3. The molecule has 2 rings (SSSR count). The minimum Gasteiger partial charge on any atom is -0.371 e. The zero-order chi connectivity index (χ0) is 10.9. The molecule has 3 nitrogen and oxygen atoms in total. The Kier molecular flexibility index (Phi) is 3.33. The third-order valence-corrected chi connectivity index (χ3v) is 3.58. The molecule has 0 aromatic heterocycles. The summed E-state index contributed by atoms with van der Waals surface area (Å²) in [6.45, 7) is 7.83. The molecule has 0 aromatic rings. The van der Waals surface area contributed by atoms with Gasteiger partial charge in [0.25, 0.3) is 0 Å². The third kappa shape index (κ3) is 3.16. The van der Waals surface area contributed by atoms with Gasteiger partial charge in [0.1, 0.15) is 0 Å². The van der Waals surface area contributed by atoms with Crippen LogP contribution < -0.4 is 5.32 Å². The van der Waals surface area contributed by atoms with Crippen molar-refractivity contribution in [2.75, 3.05) is 26.7 Å². The second-order valence-electron chi connectivity index (χ2n) is 5.69. The van der Waals surface area contributed by atoms with E-state index in [9.17, 15) is 0 Å². The lowest BCUT2D eigenvalue weighted by Gasteiger charge is -2.21. The van der Waals surface area contributed by atoms with Gasteiger partial charge in [-0.05, 0) is 46.7 Å². The van der Waals surface area contributed by atoms with Gasteiger partial charge in [-0.3, -0.25) is 0 Å². The molecule has 0 radical (unpaired) electrons. The second-order valence-corrected chi connectivity index (χ2v) is 5.69. The molecule has 0 spiro atoms. The molecular weight excluding hydrogens is 188 g/mol. The molecule has 0 aliphatic carbocycles. The Morgan fingerprint density at radius 3 is 2.73 bits per heavy atom. The molecule has 0 aromatic carbocycles. The van der Waals surface area contributed by atoms with E-state index in [4.69, 9.17) is 4.74 Å². The minimum atomic E-state index is 0.110. The number of nitrogens with zero attached hydrogens (tertiary/aromatic N) is 1. The Balaban J connectivity index is 1.66. The van der Waals surface area contributed by atoms with Gasteiger partial charge < -0.3 is 15.0 Å². The fraction of sp³-hybridized carbons (Fsp3) is 1.00. The molecule has 3 heteroatoms. The van der Waals surface area contributed by atoms with Crippen molar-refractivity contribution in [1.82, 2.24) is 10.2 Å². The summed E-state index contributed by atoms with van der Waals surface area (Å²) >= 11 is 0. The molecule has 0 amide bonds. The van der Waals surface area contributed by atoms with Gasteiger partial charge in [0.2, 0.25) is 0 Å². The average molecular weight is 212 g/mol. The smallest absolute Gasteiger partial charge is 0.0707 e. The van der Waals surface area contributed by atoms with Gasteiger partial charge in [-0.15, -0.1) is 0 Å². The first-order chi connectivity index (χ1) is 7.05. The van der Waals surface area contributed by atoms with E-state index in [1.54, 1.807) is 0 Å². The summed E-state index contributed by atoms with van der Waals surface area (Å²) in [5.41, 5.74) is 0.110. The first-order valence-corrected chi connectivity index (χ1v) is 6.15. The van der Waals surface area contributed by atoms with Crippen LogP contribution in [0.2, 0.25) is 0 Å². The summed E-state index contributed by atoms with van der Waals surface area (Å²) in [6.07, 6.45) is 4.13. The van der Waals surface area contributed by atoms with Gasteiger partial charge in [0.15, 0.2) is 0 Å². The number of likely N-dealkylation sites (N-methyl/N-ethyl adjacent to an activating group) is 1. The van der Waals surface area contributed by atoms with Gasteiger partial charge in [-0.2, -0.15) is 0 Å². The molecular formula is C12H24N2O. The number of ether oxygens (including phenoxy) is 1. The van der Waals surface area contributed by atoms with E-state index in [1.165, 1.54) is 32.4 Å². The minimum absolute atomic E-state index is 0.110. The van der Waals surface area contributed by atoms with Crippen LogP contribution in [0.25, 0.3) is 0 Å². The Labute approximate surface area is 93.2 Å². The molecule has 2 fully saturated rings. The lowest BCUT2D eigenvalue weighted by Crippen LogP contribution is -2.37. The zero-order valence-corrected chi connectivity index (χ0v) is 10.3. The fourth-order valence-corrected chi connectivity index (χ4v) is 2.62. The van der Waals surface area contributed by atoms with Gasteiger partial charge in [-0.1, -0.05) is 0 Å². The molecule has 1 N–H and O–H groups in total. The van der Waals surface area contributed by atoms with E-state index in [2.05, 4.69) is 31.1 Å². The van der Waals surface area contributed by atoms with Crippen molar-refractivity contribution in [3.8, 4) is 0 Å². The van der Waals surface area contributed by atoms with Gasteiger partial charge in [0, 0.05) is 19.1 Å². The lowest BCUT2D eigenvalue weighted by molar-refractivity contribution is -0.0150. The Bertz CT molecular complexity index is 218. The molecule has 88 valence electrons. The van der Waals surface area contributed by atoms with Crippen LogP contribution in [-0.2, 0) is 4.74 Å².